The fraction of sp³-hybridized carbons (Fsp3) is 0.391. The normalized spacial score (nSPS) is 16.9. The number of aryl methyl sites for hydroxylation is 1. The lowest BCUT2D eigenvalue weighted by Crippen LogP contribution is -2.34. The monoisotopic (exact) mass is 396 g/mol. The van der Waals surface area contributed by atoms with E-state index in [2.05, 4.69) is 10.6 Å². The van der Waals surface area contributed by atoms with Gasteiger partial charge in [0, 0.05) is 13.2 Å². The molecule has 1 fully saturated rings. The Morgan fingerprint density at radius 2 is 1.97 bits per heavy atom. The van der Waals surface area contributed by atoms with Crippen LogP contribution in [0, 0.1) is 13.8 Å². The summed E-state index contributed by atoms with van der Waals surface area (Å²) in [6.07, 6.45) is 1.32. The highest BCUT2D eigenvalue weighted by Gasteiger charge is 2.21. The van der Waals surface area contributed by atoms with Gasteiger partial charge in [-0.2, -0.15) is 0 Å². The predicted octanol–water partition coefficient (Wildman–Crippen LogP) is 3.62. The highest BCUT2D eigenvalue weighted by molar-refractivity contribution is 6.04. The lowest BCUT2D eigenvalue weighted by molar-refractivity contribution is -0.122. The number of ether oxygens (including phenoxy) is 2. The molecule has 154 valence electrons. The molecule has 2 aromatic carbocycles. The van der Waals surface area contributed by atoms with E-state index in [1.807, 2.05) is 32.0 Å². The van der Waals surface area contributed by atoms with Crippen LogP contribution < -0.4 is 15.4 Å². The molecule has 2 amide bonds. The topological polar surface area (TPSA) is 76.7 Å². The molecule has 1 saturated heterocycles. The van der Waals surface area contributed by atoms with Gasteiger partial charge in [-0.25, -0.2) is 0 Å². The summed E-state index contributed by atoms with van der Waals surface area (Å²) in [7, 11) is 0. The van der Waals surface area contributed by atoms with Crippen LogP contribution in [0.25, 0.3) is 0 Å². The fourth-order valence-corrected chi connectivity index (χ4v) is 3.23. The highest BCUT2D eigenvalue weighted by Crippen LogP contribution is 2.22. The third-order valence-corrected chi connectivity index (χ3v) is 5.17. The fourth-order valence-electron chi connectivity index (χ4n) is 3.23. The maximum atomic E-state index is 12.7. The maximum Gasteiger partial charge on any atom is 0.265 e. The van der Waals surface area contributed by atoms with E-state index in [0.717, 1.165) is 30.6 Å². The van der Waals surface area contributed by atoms with E-state index in [9.17, 15) is 9.59 Å². The van der Waals surface area contributed by atoms with Crippen molar-refractivity contribution in [3.8, 4) is 5.75 Å². The minimum atomic E-state index is -0.710. The molecule has 2 aromatic rings. The van der Waals surface area contributed by atoms with Crippen LogP contribution in [-0.4, -0.2) is 37.2 Å². The number of para-hydroxylation sites is 1. The van der Waals surface area contributed by atoms with Crippen molar-refractivity contribution in [1.82, 2.24) is 5.32 Å². The van der Waals surface area contributed by atoms with Gasteiger partial charge in [-0.05, 0) is 62.9 Å². The van der Waals surface area contributed by atoms with Crippen LogP contribution in [0.4, 0.5) is 5.69 Å². The van der Waals surface area contributed by atoms with E-state index in [1.165, 1.54) is 0 Å². The lowest BCUT2D eigenvalue weighted by atomic mass is 10.1. The van der Waals surface area contributed by atoms with Crippen LogP contribution in [0.3, 0.4) is 0 Å². The number of hydrogen-bond donors (Lipinski definition) is 2. The highest BCUT2D eigenvalue weighted by atomic mass is 16.5. The summed E-state index contributed by atoms with van der Waals surface area (Å²) in [5, 5.41) is 5.71. The third-order valence-electron chi connectivity index (χ3n) is 5.17. The van der Waals surface area contributed by atoms with Crippen molar-refractivity contribution in [2.45, 2.75) is 45.8 Å². The maximum absolute atomic E-state index is 12.7. The number of anilines is 1. The van der Waals surface area contributed by atoms with E-state index in [-0.39, 0.29) is 17.9 Å². The molecule has 1 heterocycles. The second kappa shape index (κ2) is 9.56. The smallest absolute Gasteiger partial charge is 0.265 e. The Morgan fingerprint density at radius 3 is 2.72 bits per heavy atom. The number of carbonyl (C=O) groups excluding carboxylic acids is 2. The lowest BCUT2D eigenvalue weighted by Gasteiger charge is -2.18. The molecule has 0 unspecified atom stereocenters. The van der Waals surface area contributed by atoms with Crippen molar-refractivity contribution in [2.75, 3.05) is 18.5 Å². The molecule has 1 aliphatic rings. The van der Waals surface area contributed by atoms with Crippen molar-refractivity contribution in [1.29, 1.82) is 0 Å². The largest absolute Gasteiger partial charge is 0.481 e. The first-order chi connectivity index (χ1) is 14.0. The molecular weight excluding hydrogens is 368 g/mol. The number of carbonyl (C=O) groups is 2. The summed E-state index contributed by atoms with van der Waals surface area (Å²) in [5.41, 5.74) is 2.97. The Bertz CT molecular complexity index is 875. The first kappa shape index (κ1) is 20.9. The van der Waals surface area contributed by atoms with Crippen molar-refractivity contribution in [3.63, 3.8) is 0 Å². The number of rotatable bonds is 7. The number of nitrogens with one attached hydrogen (secondary N) is 2. The molecule has 0 saturated carbocycles. The van der Waals surface area contributed by atoms with E-state index in [0.29, 0.717) is 23.5 Å². The molecular formula is C23H28N2O4. The average Bonchev–Trinajstić information content (AvgIpc) is 3.23. The van der Waals surface area contributed by atoms with Crippen molar-refractivity contribution >= 4 is 17.5 Å². The van der Waals surface area contributed by atoms with Gasteiger partial charge in [0.05, 0.1) is 17.4 Å². The zero-order chi connectivity index (χ0) is 20.8. The van der Waals surface area contributed by atoms with E-state index in [1.54, 1.807) is 31.2 Å². The summed E-state index contributed by atoms with van der Waals surface area (Å²) in [6, 6.07) is 12.7. The first-order valence-electron chi connectivity index (χ1n) is 9.98. The van der Waals surface area contributed by atoms with Crippen molar-refractivity contribution < 1.29 is 19.1 Å². The van der Waals surface area contributed by atoms with Gasteiger partial charge >= 0.3 is 0 Å². The molecule has 6 heteroatoms. The quantitative estimate of drug-likeness (QED) is 0.749. The van der Waals surface area contributed by atoms with Crippen LogP contribution in [0.5, 0.6) is 5.75 Å². The Labute approximate surface area is 171 Å². The van der Waals surface area contributed by atoms with Gasteiger partial charge in [0.1, 0.15) is 5.75 Å². The van der Waals surface area contributed by atoms with Gasteiger partial charge in [-0.3, -0.25) is 9.59 Å². The number of benzene rings is 2. The zero-order valence-electron chi connectivity index (χ0n) is 17.2. The van der Waals surface area contributed by atoms with Gasteiger partial charge in [-0.1, -0.05) is 24.3 Å². The summed E-state index contributed by atoms with van der Waals surface area (Å²) in [4.78, 5) is 25.3. The molecule has 3 rings (SSSR count). The van der Waals surface area contributed by atoms with Gasteiger partial charge < -0.3 is 20.1 Å². The first-order valence-corrected chi connectivity index (χ1v) is 9.98. The second-order valence-corrected chi connectivity index (χ2v) is 7.34. The molecule has 0 spiro atoms. The molecule has 0 aliphatic carbocycles. The van der Waals surface area contributed by atoms with E-state index >= 15 is 0 Å². The number of amides is 2. The summed E-state index contributed by atoms with van der Waals surface area (Å²) >= 11 is 0. The Hall–Kier alpha value is -2.86. The molecule has 2 atom stereocenters. The van der Waals surface area contributed by atoms with Crippen LogP contribution >= 0.6 is 0 Å². The van der Waals surface area contributed by atoms with Crippen molar-refractivity contribution in [2.24, 2.45) is 0 Å². The van der Waals surface area contributed by atoms with E-state index < -0.39 is 6.10 Å². The summed E-state index contributed by atoms with van der Waals surface area (Å²) in [5.74, 6) is 0.125. The Balaban J connectivity index is 1.63. The van der Waals surface area contributed by atoms with E-state index in [4.69, 9.17) is 9.47 Å². The van der Waals surface area contributed by atoms with Crippen LogP contribution in [-0.2, 0) is 9.53 Å². The Morgan fingerprint density at radius 1 is 1.17 bits per heavy atom. The Kier molecular flexibility index (Phi) is 6.88. The van der Waals surface area contributed by atoms with Crippen LogP contribution in [0.2, 0.25) is 0 Å². The average molecular weight is 396 g/mol. The number of hydrogen-bond acceptors (Lipinski definition) is 4. The molecule has 6 nitrogen and oxygen atoms in total. The minimum Gasteiger partial charge on any atom is -0.481 e. The molecule has 29 heavy (non-hydrogen) atoms. The third kappa shape index (κ3) is 5.35. The van der Waals surface area contributed by atoms with Crippen LogP contribution in [0.1, 0.15) is 41.3 Å². The summed E-state index contributed by atoms with van der Waals surface area (Å²) < 4.78 is 11.4. The zero-order valence-corrected chi connectivity index (χ0v) is 17.2. The van der Waals surface area contributed by atoms with Crippen molar-refractivity contribution in [3.05, 3.63) is 59.2 Å². The van der Waals surface area contributed by atoms with Gasteiger partial charge in [0.25, 0.3) is 11.8 Å². The molecule has 2 N–H and O–H groups in total. The summed E-state index contributed by atoms with van der Waals surface area (Å²) in [6.45, 7) is 6.86. The minimum absolute atomic E-state index is 0.0618. The van der Waals surface area contributed by atoms with Gasteiger partial charge in [0.2, 0.25) is 0 Å². The molecule has 1 aliphatic heterocycles. The predicted molar refractivity (Wildman–Crippen MR) is 112 cm³/mol. The standard InChI is InChI=1S/C23H28N2O4/c1-15-8-6-12-21(16(15)2)29-17(3)22(26)25-20-11-5-4-10-19(20)23(27)24-14-18-9-7-13-28-18/h4-6,8,10-12,17-18H,7,9,13-14H2,1-3H3,(H,24,27)(H,25,26)/t17-,18-/m1/s1. The van der Waals surface area contributed by atoms with Crippen LogP contribution in [0.15, 0.2) is 42.5 Å². The van der Waals surface area contributed by atoms with Gasteiger partial charge in [0.15, 0.2) is 6.10 Å². The second-order valence-electron chi connectivity index (χ2n) is 7.34. The molecule has 0 aromatic heterocycles. The van der Waals surface area contributed by atoms with Gasteiger partial charge in [-0.15, -0.1) is 0 Å². The molecule has 0 bridgehead atoms. The molecule has 0 radical (unpaired) electrons. The SMILES string of the molecule is Cc1cccc(O[C@H](C)C(=O)Nc2ccccc2C(=O)NC[C@H]2CCCO2)c1C.